The van der Waals surface area contributed by atoms with Crippen LogP contribution in [-0.4, -0.2) is 33.3 Å². The Morgan fingerprint density at radius 1 is 1.22 bits per heavy atom. The highest BCUT2D eigenvalue weighted by atomic mass is 16.5. The maximum atomic E-state index is 5.37. The fourth-order valence-electron chi connectivity index (χ4n) is 2.98. The normalized spacial score (nSPS) is 18.1. The van der Waals surface area contributed by atoms with Gasteiger partial charge in [-0.15, -0.1) is 0 Å². The van der Waals surface area contributed by atoms with Gasteiger partial charge in [0.15, 0.2) is 5.82 Å². The number of fused-ring (bicyclic) bond motifs is 1. The first kappa shape index (κ1) is 14.4. The van der Waals surface area contributed by atoms with Crippen LogP contribution in [-0.2, 0) is 17.6 Å². The summed E-state index contributed by atoms with van der Waals surface area (Å²) in [7, 11) is 0. The molecule has 6 heteroatoms. The van der Waals surface area contributed by atoms with Crippen molar-refractivity contribution in [3.05, 3.63) is 40.8 Å². The zero-order chi connectivity index (χ0) is 15.8. The largest absolute Gasteiger partial charge is 0.381 e. The van der Waals surface area contributed by atoms with E-state index in [9.17, 15) is 0 Å². The molecule has 3 heterocycles. The van der Waals surface area contributed by atoms with E-state index < -0.39 is 0 Å². The van der Waals surface area contributed by atoms with Crippen LogP contribution in [0.3, 0.4) is 0 Å². The van der Waals surface area contributed by atoms with Crippen molar-refractivity contribution in [1.29, 1.82) is 0 Å². The van der Waals surface area contributed by atoms with E-state index in [0.717, 1.165) is 42.1 Å². The van der Waals surface area contributed by atoms with Crippen LogP contribution in [0.25, 0.3) is 11.0 Å². The average Bonchev–Trinajstić information content (AvgIpc) is 3.28. The number of rotatable bonds is 4. The van der Waals surface area contributed by atoms with Gasteiger partial charge < -0.3 is 14.2 Å². The summed E-state index contributed by atoms with van der Waals surface area (Å²) in [5.74, 6) is 2.68. The third-order valence-corrected chi connectivity index (χ3v) is 4.58. The minimum atomic E-state index is 0.282. The van der Waals surface area contributed by atoms with Crippen LogP contribution >= 0.6 is 0 Å². The van der Waals surface area contributed by atoms with E-state index in [2.05, 4.69) is 41.1 Å². The summed E-state index contributed by atoms with van der Waals surface area (Å²) >= 11 is 0. The molecule has 6 nitrogen and oxygen atoms in total. The molecule has 23 heavy (non-hydrogen) atoms. The number of imidazole rings is 1. The molecule has 0 spiro atoms. The monoisotopic (exact) mass is 312 g/mol. The second kappa shape index (κ2) is 5.77. The molecule has 1 aliphatic rings. The third-order valence-electron chi connectivity index (χ3n) is 4.58. The summed E-state index contributed by atoms with van der Waals surface area (Å²) in [5.41, 5.74) is 4.62. The van der Waals surface area contributed by atoms with Crippen molar-refractivity contribution in [2.45, 2.75) is 39.0 Å². The Balaban J connectivity index is 1.47. The van der Waals surface area contributed by atoms with Crippen molar-refractivity contribution in [3.63, 3.8) is 0 Å². The maximum Gasteiger partial charge on any atom is 0.227 e. The Morgan fingerprint density at radius 2 is 2.13 bits per heavy atom. The van der Waals surface area contributed by atoms with E-state index in [1.807, 2.05) is 0 Å². The van der Waals surface area contributed by atoms with Gasteiger partial charge in [0.1, 0.15) is 5.82 Å². The summed E-state index contributed by atoms with van der Waals surface area (Å²) in [6.07, 6.45) is 2.43. The molecule has 120 valence electrons. The molecule has 1 aromatic carbocycles. The van der Waals surface area contributed by atoms with Gasteiger partial charge in [0.2, 0.25) is 5.89 Å². The summed E-state index contributed by atoms with van der Waals surface area (Å²) in [4.78, 5) is 12.6. The third kappa shape index (κ3) is 2.74. The van der Waals surface area contributed by atoms with Gasteiger partial charge in [-0.2, -0.15) is 4.98 Å². The second-order valence-corrected chi connectivity index (χ2v) is 6.19. The van der Waals surface area contributed by atoms with Crippen LogP contribution in [0.1, 0.15) is 41.0 Å². The molecule has 0 aliphatic carbocycles. The number of nitrogens with zero attached hydrogens (tertiary/aromatic N) is 3. The van der Waals surface area contributed by atoms with Gasteiger partial charge in [-0.05, 0) is 37.5 Å². The number of aromatic nitrogens is 4. The second-order valence-electron chi connectivity index (χ2n) is 6.19. The molecule has 3 aromatic rings. The van der Waals surface area contributed by atoms with E-state index in [1.165, 1.54) is 11.1 Å². The topological polar surface area (TPSA) is 76.8 Å². The first-order valence-corrected chi connectivity index (χ1v) is 8.06. The molecular formula is C17H20N4O2. The van der Waals surface area contributed by atoms with Crippen LogP contribution in [0.2, 0.25) is 0 Å². The molecule has 1 atom stereocenters. The van der Waals surface area contributed by atoms with Crippen molar-refractivity contribution in [2.75, 3.05) is 13.2 Å². The van der Waals surface area contributed by atoms with Crippen molar-refractivity contribution >= 4 is 11.0 Å². The SMILES string of the molecule is Cc1ccc2[nH]c(CCc3nc([C@H]4CCOC4)no3)nc2c1C. The molecule has 0 unspecified atom stereocenters. The Bertz CT molecular complexity index is 830. The number of benzene rings is 1. The van der Waals surface area contributed by atoms with E-state index in [0.29, 0.717) is 18.9 Å². The van der Waals surface area contributed by atoms with Crippen LogP contribution in [0, 0.1) is 13.8 Å². The maximum absolute atomic E-state index is 5.37. The number of aromatic amines is 1. The first-order valence-electron chi connectivity index (χ1n) is 8.06. The molecule has 0 amide bonds. The van der Waals surface area contributed by atoms with Crippen LogP contribution in [0.15, 0.2) is 16.7 Å². The lowest BCUT2D eigenvalue weighted by Gasteiger charge is -1.98. The molecule has 0 bridgehead atoms. The average molecular weight is 312 g/mol. The van der Waals surface area contributed by atoms with Crippen LogP contribution < -0.4 is 0 Å². The summed E-state index contributed by atoms with van der Waals surface area (Å²) in [5, 5.41) is 4.08. The molecule has 4 rings (SSSR count). The summed E-state index contributed by atoms with van der Waals surface area (Å²) < 4.78 is 10.7. The van der Waals surface area contributed by atoms with Gasteiger partial charge in [-0.1, -0.05) is 11.2 Å². The number of nitrogens with one attached hydrogen (secondary N) is 1. The number of aryl methyl sites for hydroxylation is 4. The highest BCUT2D eigenvalue weighted by Crippen LogP contribution is 2.23. The molecule has 0 saturated carbocycles. The van der Waals surface area contributed by atoms with Gasteiger partial charge in [-0.25, -0.2) is 4.98 Å². The first-order chi connectivity index (χ1) is 11.2. The molecule has 1 saturated heterocycles. The van der Waals surface area contributed by atoms with E-state index in [-0.39, 0.29) is 5.92 Å². The number of hydrogen-bond acceptors (Lipinski definition) is 5. The molecule has 1 N–H and O–H groups in total. The summed E-state index contributed by atoms with van der Waals surface area (Å²) in [6, 6.07) is 4.20. The minimum Gasteiger partial charge on any atom is -0.381 e. The quantitative estimate of drug-likeness (QED) is 0.801. The molecule has 1 fully saturated rings. The standard InChI is InChI=1S/C17H20N4O2/c1-10-3-4-13-16(11(10)2)19-14(18-13)5-6-15-20-17(21-23-15)12-7-8-22-9-12/h3-4,12H,5-9H2,1-2H3,(H,18,19)/t12-/m0/s1. The zero-order valence-electron chi connectivity index (χ0n) is 13.4. The van der Waals surface area contributed by atoms with Gasteiger partial charge in [0, 0.05) is 25.4 Å². The fraction of sp³-hybridized carbons (Fsp3) is 0.471. The highest BCUT2D eigenvalue weighted by molar-refractivity contribution is 5.79. The highest BCUT2D eigenvalue weighted by Gasteiger charge is 2.23. The lowest BCUT2D eigenvalue weighted by atomic mass is 10.1. The van der Waals surface area contributed by atoms with Crippen LogP contribution in [0.5, 0.6) is 0 Å². The van der Waals surface area contributed by atoms with Gasteiger partial charge in [0.25, 0.3) is 0 Å². The predicted octanol–water partition coefficient (Wildman–Crippen LogP) is 2.85. The van der Waals surface area contributed by atoms with Crippen molar-refractivity contribution in [2.24, 2.45) is 0 Å². The number of H-pyrrole nitrogens is 1. The molecule has 1 aliphatic heterocycles. The minimum absolute atomic E-state index is 0.282. The van der Waals surface area contributed by atoms with Gasteiger partial charge in [0.05, 0.1) is 17.6 Å². The van der Waals surface area contributed by atoms with Crippen molar-refractivity contribution in [1.82, 2.24) is 20.1 Å². The zero-order valence-corrected chi connectivity index (χ0v) is 13.4. The molecule has 0 radical (unpaired) electrons. The Kier molecular flexibility index (Phi) is 3.61. The summed E-state index contributed by atoms with van der Waals surface area (Å²) in [6.45, 7) is 5.69. The van der Waals surface area contributed by atoms with Gasteiger partial charge >= 0.3 is 0 Å². The Labute approximate surface area is 134 Å². The van der Waals surface area contributed by atoms with Crippen LogP contribution in [0.4, 0.5) is 0 Å². The fourth-order valence-corrected chi connectivity index (χ4v) is 2.98. The van der Waals surface area contributed by atoms with E-state index >= 15 is 0 Å². The number of ether oxygens (including phenoxy) is 1. The Morgan fingerprint density at radius 3 is 2.96 bits per heavy atom. The molecule has 2 aromatic heterocycles. The van der Waals surface area contributed by atoms with E-state index in [1.54, 1.807) is 0 Å². The Hall–Kier alpha value is -2.21. The lowest BCUT2D eigenvalue weighted by molar-refractivity contribution is 0.192. The predicted molar refractivity (Wildman–Crippen MR) is 85.5 cm³/mol. The van der Waals surface area contributed by atoms with Crippen molar-refractivity contribution in [3.8, 4) is 0 Å². The van der Waals surface area contributed by atoms with Crippen molar-refractivity contribution < 1.29 is 9.26 Å². The van der Waals surface area contributed by atoms with Gasteiger partial charge in [-0.3, -0.25) is 0 Å². The van der Waals surface area contributed by atoms with E-state index in [4.69, 9.17) is 14.2 Å². The smallest absolute Gasteiger partial charge is 0.227 e. The lowest BCUT2D eigenvalue weighted by Crippen LogP contribution is -2.00. The molecular weight excluding hydrogens is 292 g/mol. The number of hydrogen-bond donors (Lipinski definition) is 1.